The minimum Gasteiger partial charge on any atom is -0.308 e. The average Bonchev–Trinajstić information content (AvgIpc) is 2.34. The number of nitrogens with two attached hydrogens (primary N) is 1. The van der Waals surface area contributed by atoms with Crippen LogP contribution in [0.3, 0.4) is 0 Å². The maximum Gasteiger partial charge on any atom is 0.233 e. The number of amides is 1. The minimum absolute atomic E-state index is 0.0633. The monoisotopic (exact) mass is 272 g/mol. The molecular formula is C14H32N4O. The van der Waals surface area contributed by atoms with Gasteiger partial charge in [0.15, 0.2) is 0 Å². The van der Waals surface area contributed by atoms with Crippen LogP contribution >= 0.6 is 0 Å². The highest BCUT2D eigenvalue weighted by Crippen LogP contribution is 2.05. The van der Waals surface area contributed by atoms with Crippen molar-refractivity contribution in [3.05, 3.63) is 0 Å². The van der Waals surface area contributed by atoms with Gasteiger partial charge in [-0.1, -0.05) is 20.3 Å². The summed E-state index contributed by atoms with van der Waals surface area (Å²) in [5.41, 5.74) is 2.17. The van der Waals surface area contributed by atoms with Crippen molar-refractivity contribution < 1.29 is 4.79 Å². The van der Waals surface area contributed by atoms with Gasteiger partial charge in [0.05, 0.1) is 0 Å². The number of carbonyl (C=O) groups excluding carboxylic acids is 1. The van der Waals surface area contributed by atoms with Crippen LogP contribution in [0, 0.1) is 5.92 Å². The standard InChI is InChI=1S/C14H32N4O/c1-13(2)12-18(11-10-17(3)4)9-7-5-6-8-14(19)16-15/h13H,5-12,15H2,1-4H3,(H,16,19). The number of carbonyl (C=O) groups is 1. The predicted molar refractivity (Wildman–Crippen MR) is 80.6 cm³/mol. The fraction of sp³-hybridized carbons (Fsp3) is 0.929. The van der Waals surface area contributed by atoms with Crippen molar-refractivity contribution in [2.75, 3.05) is 40.3 Å². The molecule has 0 aliphatic heterocycles. The Labute approximate surface area is 118 Å². The number of hydrogen-bond donors (Lipinski definition) is 2. The summed E-state index contributed by atoms with van der Waals surface area (Å²) in [7, 11) is 4.22. The summed E-state index contributed by atoms with van der Waals surface area (Å²) >= 11 is 0. The zero-order valence-electron chi connectivity index (χ0n) is 13.1. The number of rotatable bonds is 11. The number of hydrazine groups is 1. The lowest BCUT2D eigenvalue weighted by Gasteiger charge is -2.25. The van der Waals surface area contributed by atoms with Gasteiger partial charge in [-0.15, -0.1) is 0 Å². The van der Waals surface area contributed by atoms with E-state index in [2.05, 4.69) is 43.2 Å². The van der Waals surface area contributed by atoms with Gasteiger partial charge in [0, 0.05) is 26.1 Å². The molecule has 114 valence electrons. The molecule has 0 saturated carbocycles. The molecule has 0 rings (SSSR count). The molecule has 19 heavy (non-hydrogen) atoms. The van der Waals surface area contributed by atoms with Crippen molar-refractivity contribution in [3.8, 4) is 0 Å². The zero-order valence-corrected chi connectivity index (χ0v) is 13.1. The first kappa shape index (κ1) is 18.4. The van der Waals surface area contributed by atoms with Crippen molar-refractivity contribution in [2.24, 2.45) is 11.8 Å². The number of likely N-dealkylation sites (N-methyl/N-ethyl adjacent to an activating group) is 1. The van der Waals surface area contributed by atoms with E-state index in [1.807, 2.05) is 0 Å². The van der Waals surface area contributed by atoms with Crippen molar-refractivity contribution in [1.29, 1.82) is 0 Å². The van der Waals surface area contributed by atoms with Crippen molar-refractivity contribution >= 4 is 5.91 Å². The van der Waals surface area contributed by atoms with E-state index in [9.17, 15) is 4.79 Å². The molecule has 0 atom stereocenters. The summed E-state index contributed by atoms with van der Waals surface area (Å²) in [5.74, 6) is 5.68. The fourth-order valence-electron chi connectivity index (χ4n) is 2.02. The van der Waals surface area contributed by atoms with Crippen LogP contribution in [0.15, 0.2) is 0 Å². The lowest BCUT2D eigenvalue weighted by molar-refractivity contribution is -0.121. The predicted octanol–water partition coefficient (Wildman–Crippen LogP) is 1.06. The second kappa shape index (κ2) is 11.2. The molecule has 0 aliphatic rings. The van der Waals surface area contributed by atoms with Gasteiger partial charge in [-0.2, -0.15) is 0 Å². The zero-order chi connectivity index (χ0) is 14.7. The van der Waals surface area contributed by atoms with Gasteiger partial charge in [0.2, 0.25) is 5.91 Å². The summed E-state index contributed by atoms with van der Waals surface area (Å²) in [6.07, 6.45) is 3.70. The third kappa shape index (κ3) is 12.1. The van der Waals surface area contributed by atoms with Gasteiger partial charge in [0.25, 0.3) is 0 Å². The number of hydrogen-bond acceptors (Lipinski definition) is 4. The van der Waals surface area contributed by atoms with Crippen LogP contribution in [0.25, 0.3) is 0 Å². The highest BCUT2D eigenvalue weighted by Gasteiger charge is 2.07. The summed E-state index contributed by atoms with van der Waals surface area (Å²) in [6, 6.07) is 0. The van der Waals surface area contributed by atoms with Crippen molar-refractivity contribution in [2.45, 2.75) is 39.5 Å². The van der Waals surface area contributed by atoms with Crippen LogP contribution in [0.1, 0.15) is 39.5 Å². The highest BCUT2D eigenvalue weighted by molar-refractivity contribution is 5.74. The third-order valence-electron chi connectivity index (χ3n) is 3.03. The number of unbranched alkanes of at least 4 members (excludes halogenated alkanes) is 2. The second-order valence-corrected chi connectivity index (χ2v) is 5.88. The van der Waals surface area contributed by atoms with Gasteiger partial charge in [-0.05, 0) is 39.4 Å². The summed E-state index contributed by atoms with van der Waals surface area (Å²) in [6.45, 7) is 9.01. The molecule has 0 spiro atoms. The average molecular weight is 272 g/mol. The Balaban J connectivity index is 3.75. The Hall–Kier alpha value is -0.650. The summed E-state index contributed by atoms with van der Waals surface area (Å²) < 4.78 is 0. The van der Waals surface area contributed by atoms with Gasteiger partial charge < -0.3 is 9.80 Å². The van der Waals surface area contributed by atoms with Crippen LogP contribution in [-0.2, 0) is 4.79 Å². The molecule has 0 saturated heterocycles. The van der Waals surface area contributed by atoms with Crippen LogP contribution < -0.4 is 11.3 Å². The van der Waals surface area contributed by atoms with E-state index in [1.165, 1.54) is 0 Å². The molecule has 3 N–H and O–H groups in total. The molecule has 5 heteroatoms. The Kier molecular flexibility index (Phi) is 10.8. The first-order valence-electron chi connectivity index (χ1n) is 7.32. The molecule has 0 fully saturated rings. The number of nitrogens with one attached hydrogen (secondary N) is 1. The molecule has 0 unspecified atom stereocenters. The van der Waals surface area contributed by atoms with Gasteiger partial charge in [-0.3, -0.25) is 10.2 Å². The van der Waals surface area contributed by atoms with Gasteiger partial charge >= 0.3 is 0 Å². The van der Waals surface area contributed by atoms with E-state index >= 15 is 0 Å². The van der Waals surface area contributed by atoms with Crippen LogP contribution in [0.2, 0.25) is 0 Å². The smallest absolute Gasteiger partial charge is 0.233 e. The lowest BCUT2D eigenvalue weighted by atomic mass is 10.1. The van der Waals surface area contributed by atoms with Gasteiger partial charge in [-0.25, -0.2) is 5.84 Å². The molecule has 0 bridgehead atoms. The third-order valence-corrected chi connectivity index (χ3v) is 3.03. The molecular weight excluding hydrogens is 240 g/mol. The Bertz CT molecular complexity index is 231. The van der Waals surface area contributed by atoms with E-state index in [4.69, 9.17) is 5.84 Å². The number of nitrogens with zero attached hydrogens (tertiary/aromatic N) is 2. The van der Waals surface area contributed by atoms with Gasteiger partial charge in [0.1, 0.15) is 0 Å². The van der Waals surface area contributed by atoms with E-state index in [1.54, 1.807) is 0 Å². The molecule has 0 aromatic heterocycles. The SMILES string of the molecule is CC(C)CN(CCCCCC(=O)NN)CCN(C)C. The van der Waals surface area contributed by atoms with E-state index in [-0.39, 0.29) is 5.91 Å². The van der Waals surface area contributed by atoms with E-state index in [0.29, 0.717) is 12.3 Å². The first-order valence-corrected chi connectivity index (χ1v) is 7.32. The van der Waals surface area contributed by atoms with Crippen molar-refractivity contribution in [1.82, 2.24) is 15.2 Å². The van der Waals surface area contributed by atoms with E-state index < -0.39 is 0 Å². The minimum atomic E-state index is -0.0633. The maximum atomic E-state index is 11.0. The molecule has 5 nitrogen and oxygen atoms in total. The molecule has 0 aromatic rings. The Morgan fingerprint density at radius 2 is 1.79 bits per heavy atom. The van der Waals surface area contributed by atoms with Crippen molar-refractivity contribution in [3.63, 3.8) is 0 Å². The summed E-state index contributed by atoms with van der Waals surface area (Å²) in [5, 5.41) is 0. The topological polar surface area (TPSA) is 61.6 Å². The largest absolute Gasteiger partial charge is 0.308 e. The first-order chi connectivity index (χ1) is 8.95. The van der Waals surface area contributed by atoms with Crippen LogP contribution in [-0.4, -0.2) is 56.0 Å². The molecule has 0 aromatic carbocycles. The molecule has 1 amide bonds. The Morgan fingerprint density at radius 1 is 1.11 bits per heavy atom. The van der Waals surface area contributed by atoms with Crippen LogP contribution in [0.5, 0.6) is 0 Å². The molecule has 0 aliphatic carbocycles. The summed E-state index contributed by atoms with van der Waals surface area (Å²) in [4.78, 5) is 15.7. The molecule has 0 radical (unpaired) electrons. The highest BCUT2D eigenvalue weighted by atomic mass is 16.2. The lowest BCUT2D eigenvalue weighted by Crippen LogP contribution is -2.35. The second-order valence-electron chi connectivity index (χ2n) is 5.88. The van der Waals surface area contributed by atoms with E-state index in [0.717, 1.165) is 45.4 Å². The normalized spacial score (nSPS) is 11.6. The Morgan fingerprint density at radius 3 is 2.32 bits per heavy atom. The quantitative estimate of drug-likeness (QED) is 0.255. The maximum absolute atomic E-state index is 11.0. The molecule has 0 heterocycles. The van der Waals surface area contributed by atoms with Crippen LogP contribution in [0.4, 0.5) is 0 Å². The fourth-order valence-corrected chi connectivity index (χ4v) is 2.02.